The second kappa shape index (κ2) is 8.59. The van der Waals surface area contributed by atoms with E-state index >= 15 is 0 Å². The van der Waals surface area contributed by atoms with Gasteiger partial charge in [-0.05, 0) is 75.8 Å². The van der Waals surface area contributed by atoms with Crippen molar-refractivity contribution < 1.29 is 28.6 Å². The number of ether oxygens (including phenoxy) is 3. The van der Waals surface area contributed by atoms with E-state index in [1.807, 2.05) is 24.3 Å². The maximum Gasteiger partial charge on any atom is 0.411 e. The molecule has 0 aromatic heterocycles. The van der Waals surface area contributed by atoms with Crippen molar-refractivity contribution in [2.24, 2.45) is 0 Å². The van der Waals surface area contributed by atoms with E-state index in [1.165, 1.54) is 4.90 Å². The van der Waals surface area contributed by atoms with Crippen LogP contribution in [-0.2, 0) is 27.3 Å². The van der Waals surface area contributed by atoms with Crippen LogP contribution < -0.4 is 10.5 Å². The number of carbonyl (C=O) groups excluding carboxylic acids is 3. The largest absolute Gasteiger partial charge is 0.488 e. The van der Waals surface area contributed by atoms with Gasteiger partial charge in [0.25, 0.3) is 0 Å². The highest BCUT2D eigenvalue weighted by Gasteiger charge is 2.41. The molecule has 2 aliphatic heterocycles. The number of nitrogens with two attached hydrogens (primary N) is 1. The van der Waals surface area contributed by atoms with Crippen LogP contribution >= 0.6 is 0 Å². The van der Waals surface area contributed by atoms with Crippen molar-refractivity contribution in [1.82, 2.24) is 4.90 Å². The molecule has 2 aromatic carbocycles. The van der Waals surface area contributed by atoms with Crippen LogP contribution in [0.5, 0.6) is 5.75 Å². The fourth-order valence-corrected chi connectivity index (χ4v) is 5.09. The number of hydrogen-bond acceptors (Lipinski definition) is 7. The second-order valence-electron chi connectivity index (χ2n) is 10.3. The van der Waals surface area contributed by atoms with Gasteiger partial charge in [0.15, 0.2) is 6.10 Å². The van der Waals surface area contributed by atoms with Gasteiger partial charge in [0.2, 0.25) is 5.78 Å². The summed E-state index contributed by atoms with van der Waals surface area (Å²) in [5.74, 6) is -0.0865. The van der Waals surface area contributed by atoms with Crippen LogP contribution in [-0.4, -0.2) is 47.0 Å². The Bertz CT molecular complexity index is 1210. The van der Waals surface area contributed by atoms with E-state index in [1.54, 1.807) is 26.8 Å². The highest BCUT2D eigenvalue weighted by Crippen LogP contribution is 2.44. The van der Waals surface area contributed by atoms with E-state index in [0.29, 0.717) is 55.8 Å². The van der Waals surface area contributed by atoms with Gasteiger partial charge in [0.05, 0.1) is 0 Å². The van der Waals surface area contributed by atoms with E-state index in [0.717, 1.165) is 22.3 Å². The first kappa shape index (κ1) is 23.2. The van der Waals surface area contributed by atoms with Crippen LogP contribution in [0.25, 0.3) is 11.1 Å². The topological polar surface area (TPSA) is 108 Å². The summed E-state index contributed by atoms with van der Waals surface area (Å²) in [5, 5.41) is 0. The number of esters is 1. The molecule has 0 radical (unpaired) electrons. The van der Waals surface area contributed by atoms with Crippen molar-refractivity contribution in [3.8, 4) is 16.9 Å². The van der Waals surface area contributed by atoms with Crippen LogP contribution in [0.2, 0.25) is 0 Å². The monoisotopic (exact) mass is 478 g/mol. The molecule has 2 atom stereocenters. The quantitative estimate of drug-likeness (QED) is 0.507. The molecule has 3 aliphatic rings. The summed E-state index contributed by atoms with van der Waals surface area (Å²) < 4.78 is 17.2. The molecule has 184 valence electrons. The van der Waals surface area contributed by atoms with Crippen molar-refractivity contribution in [3.63, 3.8) is 0 Å². The zero-order valence-corrected chi connectivity index (χ0v) is 20.3. The van der Waals surface area contributed by atoms with Gasteiger partial charge < -0.3 is 19.9 Å². The molecule has 2 N–H and O–H groups in total. The lowest BCUT2D eigenvalue weighted by molar-refractivity contribution is -0.152. The molecule has 35 heavy (non-hydrogen) atoms. The van der Waals surface area contributed by atoms with Crippen LogP contribution in [0.1, 0.15) is 61.5 Å². The zero-order valence-electron chi connectivity index (χ0n) is 20.3. The van der Waals surface area contributed by atoms with Crippen molar-refractivity contribution in [2.45, 2.75) is 70.8 Å². The molecule has 0 spiro atoms. The van der Waals surface area contributed by atoms with E-state index in [2.05, 4.69) is 0 Å². The Morgan fingerprint density at radius 3 is 2.60 bits per heavy atom. The minimum atomic E-state index is -0.884. The third-order valence-electron chi connectivity index (χ3n) is 6.68. The molecule has 0 saturated carbocycles. The summed E-state index contributed by atoms with van der Waals surface area (Å²) in [6.45, 7) is 6.15. The lowest BCUT2D eigenvalue weighted by Gasteiger charge is -2.31. The van der Waals surface area contributed by atoms with Crippen LogP contribution in [0.4, 0.5) is 10.5 Å². The molecule has 8 nitrogen and oxygen atoms in total. The predicted molar refractivity (Wildman–Crippen MR) is 129 cm³/mol. The van der Waals surface area contributed by atoms with Gasteiger partial charge in [-0.1, -0.05) is 12.1 Å². The predicted octanol–water partition coefficient (Wildman–Crippen LogP) is 4.27. The van der Waals surface area contributed by atoms with Gasteiger partial charge >= 0.3 is 12.1 Å². The fourth-order valence-electron chi connectivity index (χ4n) is 5.09. The first-order valence-corrected chi connectivity index (χ1v) is 12.0. The number of amides is 1. The number of fused-ring (bicyclic) bond motifs is 5. The standard InChI is InChI=1S/C27H30N2O6/c1-27(2,3)35-26(32)29-12-4-5-21(29)25(31)34-22-11-10-20-18(23(22)30)8-9-19-17-7-6-16(28)13-15(17)14-33-24(19)20/h6-9,13,21-22H,4-5,10-12,14,28H2,1-3H3/t21-,22?/m0/s1. The van der Waals surface area contributed by atoms with Crippen molar-refractivity contribution in [2.75, 3.05) is 12.3 Å². The summed E-state index contributed by atoms with van der Waals surface area (Å²) in [4.78, 5) is 40.2. The molecule has 2 aromatic rings. The van der Waals surface area contributed by atoms with Gasteiger partial charge in [-0.25, -0.2) is 9.59 Å². The minimum Gasteiger partial charge on any atom is -0.488 e. The Hall–Kier alpha value is -3.55. The Kier molecular flexibility index (Phi) is 5.69. The summed E-state index contributed by atoms with van der Waals surface area (Å²) in [6, 6.07) is 8.67. The maximum absolute atomic E-state index is 13.3. The fraction of sp³-hybridized carbons (Fsp3) is 0.444. The molecular weight excluding hydrogens is 448 g/mol. The lowest BCUT2D eigenvalue weighted by Crippen LogP contribution is -2.45. The number of anilines is 1. The molecule has 1 saturated heterocycles. The number of Topliss-reactive ketones (excluding diaryl/α,β-unsaturated/α-hetero) is 1. The molecule has 1 amide bonds. The Balaban J connectivity index is 1.33. The maximum atomic E-state index is 13.3. The number of benzene rings is 2. The van der Waals surface area contributed by atoms with Gasteiger partial charge in [-0.3, -0.25) is 9.69 Å². The Labute approximate surface area is 204 Å². The lowest BCUT2D eigenvalue weighted by atomic mass is 9.84. The Morgan fingerprint density at radius 1 is 1.09 bits per heavy atom. The third kappa shape index (κ3) is 4.33. The smallest absolute Gasteiger partial charge is 0.411 e. The number of nitrogen functional groups attached to an aromatic ring is 1. The van der Waals surface area contributed by atoms with Crippen molar-refractivity contribution in [3.05, 3.63) is 47.0 Å². The minimum absolute atomic E-state index is 0.240. The van der Waals surface area contributed by atoms with Gasteiger partial charge in [0.1, 0.15) is 24.0 Å². The molecule has 1 unspecified atom stereocenters. The van der Waals surface area contributed by atoms with Gasteiger partial charge in [-0.2, -0.15) is 0 Å². The zero-order chi connectivity index (χ0) is 24.9. The summed E-state index contributed by atoms with van der Waals surface area (Å²) in [7, 11) is 0. The summed E-state index contributed by atoms with van der Waals surface area (Å²) in [6.07, 6.45) is 0.656. The number of nitrogens with zero attached hydrogens (tertiary/aromatic N) is 1. The molecule has 8 heteroatoms. The van der Waals surface area contributed by atoms with Gasteiger partial charge in [0, 0.05) is 28.9 Å². The third-order valence-corrected chi connectivity index (χ3v) is 6.68. The highest BCUT2D eigenvalue weighted by atomic mass is 16.6. The highest BCUT2D eigenvalue weighted by molar-refractivity contribution is 6.04. The van der Waals surface area contributed by atoms with E-state index in [-0.39, 0.29) is 5.78 Å². The van der Waals surface area contributed by atoms with Crippen LogP contribution in [0.15, 0.2) is 30.3 Å². The summed E-state index contributed by atoms with van der Waals surface area (Å²) in [5.41, 5.74) is 10.3. The molecule has 5 rings (SSSR count). The first-order chi connectivity index (χ1) is 16.6. The average molecular weight is 479 g/mol. The van der Waals surface area contributed by atoms with E-state index in [9.17, 15) is 14.4 Å². The molecule has 2 heterocycles. The van der Waals surface area contributed by atoms with Crippen molar-refractivity contribution >= 4 is 23.5 Å². The number of ketones is 1. The Morgan fingerprint density at radius 2 is 1.83 bits per heavy atom. The first-order valence-electron chi connectivity index (χ1n) is 12.0. The molecule has 1 fully saturated rings. The van der Waals surface area contributed by atoms with E-state index < -0.39 is 29.8 Å². The number of hydrogen-bond donors (Lipinski definition) is 1. The van der Waals surface area contributed by atoms with E-state index in [4.69, 9.17) is 19.9 Å². The SMILES string of the molecule is CC(C)(C)OC(=O)N1CCC[C@H]1C(=O)OC1CCc2c(ccc3c2OCc2cc(N)ccc2-3)C1=O. The molecular formula is C27H30N2O6. The van der Waals surface area contributed by atoms with Crippen LogP contribution in [0, 0.1) is 0 Å². The normalized spacial score (nSPS) is 20.9. The molecule has 0 bridgehead atoms. The average Bonchev–Trinajstić information content (AvgIpc) is 3.29. The van der Waals surface area contributed by atoms with Crippen LogP contribution in [0.3, 0.4) is 0 Å². The van der Waals surface area contributed by atoms with Crippen molar-refractivity contribution in [1.29, 1.82) is 0 Å². The number of likely N-dealkylation sites (tertiary alicyclic amines) is 1. The second-order valence-corrected chi connectivity index (χ2v) is 10.3. The summed E-state index contributed by atoms with van der Waals surface area (Å²) >= 11 is 0. The number of carbonyl (C=O) groups is 3. The number of rotatable bonds is 2. The van der Waals surface area contributed by atoms with Gasteiger partial charge in [-0.15, -0.1) is 0 Å². The molecule has 1 aliphatic carbocycles.